The molecule has 0 aliphatic rings. The van der Waals surface area contributed by atoms with Crippen molar-refractivity contribution in [3.8, 4) is 11.3 Å². The van der Waals surface area contributed by atoms with Gasteiger partial charge in [0.2, 0.25) is 0 Å². The first-order valence-electron chi connectivity index (χ1n) is 6.01. The Kier molecular flexibility index (Phi) is 6.77. The number of aliphatic hydroxyl groups excluding tert-OH is 1. The molecule has 0 aliphatic heterocycles. The van der Waals surface area contributed by atoms with Gasteiger partial charge in [0.05, 0.1) is 5.69 Å². The van der Waals surface area contributed by atoms with Crippen molar-refractivity contribution in [2.24, 2.45) is 7.05 Å². The first-order chi connectivity index (χ1) is 9.20. The number of aromatic nitrogens is 2. The maximum atomic E-state index is 7.00. The van der Waals surface area contributed by atoms with E-state index in [1.807, 2.05) is 36.9 Å². The number of aryl methyl sites for hydroxylation is 1. The molecular weight excluding hydrogens is 308 g/mol. The average molecular weight is 327 g/mol. The number of halogens is 1. The quantitative estimate of drug-likeness (QED) is 0.939. The highest BCUT2D eigenvalue weighted by Gasteiger charge is 2.06. The number of hydrogen-bond donors (Lipinski definition) is 1. The SMILES string of the molecule is CCOCc1nc(-c2ccc(Br)cc2)cn1C.CO. The van der Waals surface area contributed by atoms with Crippen molar-refractivity contribution in [1.29, 1.82) is 0 Å². The fourth-order valence-electron chi connectivity index (χ4n) is 1.59. The van der Waals surface area contributed by atoms with Crippen LogP contribution in [0.2, 0.25) is 0 Å². The normalized spacial score (nSPS) is 9.95. The zero-order valence-electron chi connectivity index (χ0n) is 11.4. The minimum Gasteiger partial charge on any atom is -0.400 e. The third-order valence-electron chi connectivity index (χ3n) is 2.55. The third kappa shape index (κ3) is 4.45. The van der Waals surface area contributed by atoms with Gasteiger partial charge in [-0.15, -0.1) is 0 Å². The molecule has 0 aliphatic carbocycles. The van der Waals surface area contributed by atoms with Crippen LogP contribution < -0.4 is 0 Å². The van der Waals surface area contributed by atoms with Gasteiger partial charge < -0.3 is 14.4 Å². The van der Waals surface area contributed by atoms with Gasteiger partial charge in [0.1, 0.15) is 12.4 Å². The summed E-state index contributed by atoms with van der Waals surface area (Å²) in [6.07, 6.45) is 2.03. The van der Waals surface area contributed by atoms with E-state index >= 15 is 0 Å². The van der Waals surface area contributed by atoms with Crippen molar-refractivity contribution in [3.63, 3.8) is 0 Å². The monoisotopic (exact) mass is 326 g/mol. The largest absolute Gasteiger partial charge is 0.400 e. The molecule has 4 nitrogen and oxygen atoms in total. The van der Waals surface area contributed by atoms with E-state index in [-0.39, 0.29) is 0 Å². The molecule has 1 N–H and O–H groups in total. The Morgan fingerprint density at radius 3 is 2.47 bits per heavy atom. The van der Waals surface area contributed by atoms with E-state index < -0.39 is 0 Å². The van der Waals surface area contributed by atoms with E-state index in [0.29, 0.717) is 13.2 Å². The summed E-state index contributed by atoms with van der Waals surface area (Å²) in [4.78, 5) is 4.57. The number of hydrogen-bond acceptors (Lipinski definition) is 3. The second kappa shape index (κ2) is 8.09. The van der Waals surface area contributed by atoms with Gasteiger partial charge in [0.25, 0.3) is 0 Å². The fourth-order valence-corrected chi connectivity index (χ4v) is 1.86. The van der Waals surface area contributed by atoms with Crippen molar-refractivity contribution >= 4 is 15.9 Å². The van der Waals surface area contributed by atoms with Crippen LogP contribution in [0.4, 0.5) is 0 Å². The Bertz CT molecular complexity index is 495. The summed E-state index contributed by atoms with van der Waals surface area (Å²) in [6, 6.07) is 8.15. The molecule has 1 aromatic heterocycles. The zero-order valence-corrected chi connectivity index (χ0v) is 13.0. The van der Waals surface area contributed by atoms with Crippen molar-refractivity contribution in [2.75, 3.05) is 13.7 Å². The van der Waals surface area contributed by atoms with Crippen molar-refractivity contribution in [2.45, 2.75) is 13.5 Å². The number of benzene rings is 1. The predicted molar refractivity (Wildman–Crippen MR) is 79.8 cm³/mol. The first-order valence-corrected chi connectivity index (χ1v) is 6.80. The smallest absolute Gasteiger partial charge is 0.135 e. The highest BCUT2D eigenvalue weighted by molar-refractivity contribution is 9.10. The summed E-state index contributed by atoms with van der Waals surface area (Å²) in [6.45, 7) is 3.25. The van der Waals surface area contributed by atoms with Crippen LogP contribution in [0, 0.1) is 0 Å². The van der Waals surface area contributed by atoms with Gasteiger partial charge in [-0.1, -0.05) is 28.1 Å². The highest BCUT2D eigenvalue weighted by atomic mass is 79.9. The molecule has 1 heterocycles. The molecule has 2 rings (SSSR count). The van der Waals surface area contributed by atoms with Gasteiger partial charge in [-0.3, -0.25) is 0 Å². The summed E-state index contributed by atoms with van der Waals surface area (Å²) in [5.41, 5.74) is 2.10. The van der Waals surface area contributed by atoms with E-state index in [1.165, 1.54) is 0 Å². The predicted octanol–water partition coefficient (Wildman–Crippen LogP) is 2.99. The molecule has 0 amide bonds. The van der Waals surface area contributed by atoms with Crippen molar-refractivity contribution < 1.29 is 9.84 Å². The van der Waals surface area contributed by atoms with Gasteiger partial charge in [-0.05, 0) is 19.1 Å². The molecular formula is C14H19BrN2O2. The highest BCUT2D eigenvalue weighted by Crippen LogP contribution is 2.21. The zero-order chi connectivity index (χ0) is 14.3. The Balaban J connectivity index is 0.000000861. The fraction of sp³-hybridized carbons (Fsp3) is 0.357. The summed E-state index contributed by atoms with van der Waals surface area (Å²) < 4.78 is 8.46. The van der Waals surface area contributed by atoms with Crippen molar-refractivity contribution in [3.05, 3.63) is 40.8 Å². The molecule has 1 aromatic carbocycles. The lowest BCUT2D eigenvalue weighted by Crippen LogP contribution is -2.00. The third-order valence-corrected chi connectivity index (χ3v) is 3.08. The molecule has 104 valence electrons. The van der Waals surface area contributed by atoms with Gasteiger partial charge in [-0.25, -0.2) is 4.98 Å². The van der Waals surface area contributed by atoms with Gasteiger partial charge >= 0.3 is 0 Å². The Hall–Kier alpha value is -1.17. The molecule has 0 bridgehead atoms. The molecule has 0 spiro atoms. The molecule has 5 heteroatoms. The van der Waals surface area contributed by atoms with Gasteiger partial charge in [0.15, 0.2) is 0 Å². The molecule has 0 saturated heterocycles. The first kappa shape index (κ1) is 15.9. The topological polar surface area (TPSA) is 47.3 Å². The van der Waals surface area contributed by atoms with E-state index in [1.54, 1.807) is 0 Å². The molecule has 0 fully saturated rings. The van der Waals surface area contributed by atoms with Crippen LogP contribution in [-0.2, 0) is 18.4 Å². The van der Waals surface area contributed by atoms with Crippen LogP contribution >= 0.6 is 15.9 Å². The second-order valence-corrected chi connectivity index (χ2v) is 4.71. The van der Waals surface area contributed by atoms with E-state index in [2.05, 4.69) is 33.0 Å². The molecule has 0 unspecified atom stereocenters. The number of ether oxygens (including phenoxy) is 1. The Morgan fingerprint density at radius 2 is 1.89 bits per heavy atom. The molecule has 0 radical (unpaired) electrons. The lowest BCUT2D eigenvalue weighted by atomic mass is 10.2. The summed E-state index contributed by atoms with van der Waals surface area (Å²) >= 11 is 3.43. The molecule has 2 aromatic rings. The average Bonchev–Trinajstić information content (AvgIpc) is 2.81. The number of rotatable bonds is 4. The van der Waals surface area contributed by atoms with E-state index in [9.17, 15) is 0 Å². The molecule has 19 heavy (non-hydrogen) atoms. The Labute approximate surface area is 122 Å². The summed E-state index contributed by atoms with van der Waals surface area (Å²) in [5.74, 6) is 0.949. The molecule has 0 saturated carbocycles. The summed E-state index contributed by atoms with van der Waals surface area (Å²) in [7, 11) is 2.99. The number of nitrogens with zero attached hydrogens (tertiary/aromatic N) is 2. The standard InChI is InChI=1S/C13H15BrN2O.CH4O/c1-3-17-9-13-15-12(8-16(13)2)10-4-6-11(14)7-5-10;1-2/h4-8H,3,9H2,1-2H3;2H,1H3. The van der Waals surface area contributed by atoms with Crippen LogP contribution in [0.25, 0.3) is 11.3 Å². The number of aliphatic hydroxyl groups is 1. The minimum atomic E-state index is 0.559. The van der Waals surface area contributed by atoms with Gasteiger partial charge in [0, 0.05) is 37.0 Å². The minimum absolute atomic E-state index is 0.559. The van der Waals surface area contributed by atoms with Crippen LogP contribution in [0.15, 0.2) is 34.9 Å². The molecule has 0 atom stereocenters. The van der Waals surface area contributed by atoms with Crippen LogP contribution in [0.1, 0.15) is 12.7 Å². The van der Waals surface area contributed by atoms with Gasteiger partial charge in [-0.2, -0.15) is 0 Å². The van der Waals surface area contributed by atoms with Crippen LogP contribution in [0.5, 0.6) is 0 Å². The summed E-state index contributed by atoms with van der Waals surface area (Å²) in [5, 5.41) is 7.00. The Morgan fingerprint density at radius 1 is 1.26 bits per heavy atom. The maximum absolute atomic E-state index is 7.00. The number of imidazole rings is 1. The maximum Gasteiger partial charge on any atom is 0.135 e. The van der Waals surface area contributed by atoms with Crippen LogP contribution in [-0.4, -0.2) is 28.4 Å². The van der Waals surface area contributed by atoms with Crippen LogP contribution in [0.3, 0.4) is 0 Å². The lowest BCUT2D eigenvalue weighted by Gasteiger charge is -1.99. The lowest BCUT2D eigenvalue weighted by molar-refractivity contribution is 0.126. The van der Waals surface area contributed by atoms with E-state index in [4.69, 9.17) is 9.84 Å². The second-order valence-electron chi connectivity index (χ2n) is 3.80. The van der Waals surface area contributed by atoms with Crippen molar-refractivity contribution in [1.82, 2.24) is 9.55 Å². The van der Waals surface area contributed by atoms with E-state index in [0.717, 1.165) is 28.7 Å².